The van der Waals surface area contributed by atoms with Crippen molar-refractivity contribution in [3.8, 4) is 0 Å². The van der Waals surface area contributed by atoms with Gasteiger partial charge in [-0.1, -0.05) is 19.4 Å². The maximum Gasteiger partial charge on any atom is 0.158 e. The minimum absolute atomic E-state index is 0.0385. The maximum atomic E-state index is 12.2. The lowest BCUT2D eigenvalue weighted by molar-refractivity contribution is -0.325. The number of ether oxygens (including phenoxy) is 3. The fourth-order valence-electron chi connectivity index (χ4n) is 3.21. The van der Waals surface area contributed by atoms with E-state index < -0.39 is 36.8 Å². The van der Waals surface area contributed by atoms with Gasteiger partial charge in [-0.25, -0.2) is 0 Å². The zero-order chi connectivity index (χ0) is 18.5. The number of nitrogens with zero attached hydrogens (tertiary/aromatic N) is 1. The molecule has 1 aromatic heterocycles. The van der Waals surface area contributed by atoms with E-state index in [1.54, 1.807) is 24.4 Å². The molecule has 2 N–H and O–H groups in total. The van der Waals surface area contributed by atoms with E-state index in [9.17, 15) is 15.0 Å². The van der Waals surface area contributed by atoms with Crippen molar-refractivity contribution >= 4 is 11.9 Å². The van der Waals surface area contributed by atoms with Crippen LogP contribution in [0.5, 0.6) is 0 Å². The molecule has 0 aromatic carbocycles. The molecule has 0 bridgehead atoms. The number of carbonyl (C=O) groups excluding carboxylic acids is 1. The Labute approximate surface area is 152 Å². The second kappa shape index (κ2) is 8.83. The van der Waals surface area contributed by atoms with Crippen molar-refractivity contribution in [3.63, 3.8) is 0 Å². The van der Waals surface area contributed by atoms with Crippen molar-refractivity contribution in [1.82, 2.24) is 4.98 Å². The van der Waals surface area contributed by atoms with Gasteiger partial charge < -0.3 is 24.4 Å². The van der Waals surface area contributed by atoms with E-state index in [1.165, 1.54) is 6.08 Å². The normalized spacial score (nSPS) is 34.6. The summed E-state index contributed by atoms with van der Waals surface area (Å²) in [5.41, 5.74) is 0.669. The minimum Gasteiger partial charge on any atom is -0.388 e. The molecule has 3 rings (SSSR count). The number of pyridine rings is 1. The first-order valence-corrected chi connectivity index (χ1v) is 8.99. The summed E-state index contributed by atoms with van der Waals surface area (Å²) in [5.74, 6) is -0.216. The first kappa shape index (κ1) is 19.1. The number of aliphatic hydroxyl groups excluding tert-OH is 2. The van der Waals surface area contributed by atoms with Gasteiger partial charge in [0.2, 0.25) is 0 Å². The molecule has 0 aliphatic carbocycles. The minimum atomic E-state index is -1.19. The molecule has 6 atom stereocenters. The van der Waals surface area contributed by atoms with Crippen LogP contribution in [0.25, 0.3) is 6.08 Å². The first-order chi connectivity index (χ1) is 12.6. The summed E-state index contributed by atoms with van der Waals surface area (Å²) in [5, 5.41) is 20.7. The average Bonchev–Trinajstić information content (AvgIpc) is 2.66. The third kappa shape index (κ3) is 4.55. The molecule has 2 aliphatic rings. The van der Waals surface area contributed by atoms with Gasteiger partial charge >= 0.3 is 0 Å². The largest absolute Gasteiger partial charge is 0.388 e. The third-order valence-electron chi connectivity index (χ3n) is 4.59. The molecule has 7 nitrogen and oxygen atoms in total. The Hall–Kier alpha value is -1.64. The molecular weight excluding hydrogens is 338 g/mol. The zero-order valence-electron chi connectivity index (χ0n) is 14.7. The molecule has 2 aliphatic heterocycles. The lowest BCUT2D eigenvalue weighted by Gasteiger charge is -2.46. The Bertz CT molecular complexity index is 620. The molecule has 2 fully saturated rings. The quantitative estimate of drug-likeness (QED) is 0.730. The Morgan fingerprint density at radius 3 is 2.88 bits per heavy atom. The Kier molecular flexibility index (Phi) is 6.50. The van der Waals surface area contributed by atoms with Gasteiger partial charge in [0, 0.05) is 12.6 Å². The topological polar surface area (TPSA) is 98.1 Å². The van der Waals surface area contributed by atoms with Gasteiger partial charge in [-0.05, 0) is 30.7 Å². The summed E-state index contributed by atoms with van der Waals surface area (Å²) < 4.78 is 17.1. The second-order valence-corrected chi connectivity index (χ2v) is 6.60. The number of aliphatic hydroxyl groups is 2. The van der Waals surface area contributed by atoms with Crippen molar-refractivity contribution in [1.29, 1.82) is 0 Å². The van der Waals surface area contributed by atoms with Crippen LogP contribution >= 0.6 is 0 Å². The van der Waals surface area contributed by atoms with Crippen LogP contribution in [0.15, 0.2) is 30.5 Å². The first-order valence-electron chi connectivity index (χ1n) is 8.99. The van der Waals surface area contributed by atoms with Crippen LogP contribution in [-0.4, -0.2) is 64.4 Å². The van der Waals surface area contributed by atoms with Gasteiger partial charge in [0.05, 0.1) is 18.4 Å². The summed E-state index contributed by atoms with van der Waals surface area (Å²) in [6, 6.07) is 5.41. The van der Waals surface area contributed by atoms with Crippen molar-refractivity contribution in [2.45, 2.75) is 63.0 Å². The molecule has 0 amide bonds. The van der Waals surface area contributed by atoms with Gasteiger partial charge in [0.25, 0.3) is 0 Å². The number of allylic oxidation sites excluding steroid dienone is 1. The molecule has 26 heavy (non-hydrogen) atoms. The molecular formula is C19H25NO6. The van der Waals surface area contributed by atoms with Crippen molar-refractivity contribution in [2.75, 3.05) is 6.61 Å². The molecule has 2 saturated heterocycles. The van der Waals surface area contributed by atoms with Crippen molar-refractivity contribution < 1.29 is 29.2 Å². The Morgan fingerprint density at radius 2 is 2.15 bits per heavy atom. The Morgan fingerprint density at radius 1 is 1.31 bits per heavy atom. The predicted molar refractivity (Wildman–Crippen MR) is 93.1 cm³/mol. The van der Waals surface area contributed by atoms with Gasteiger partial charge in [0.15, 0.2) is 12.1 Å². The molecule has 1 unspecified atom stereocenters. The standard InChI is InChI=1S/C19H25NO6/c1-2-5-16-24-11-15-19(26-16)18(23)17(22)14(25-15)10-13(21)8-7-12-6-3-4-9-20-12/h3-4,6-9,14-19,22-23H,2,5,10-11H2,1H3/b8-7+/t14-,15+,16?,17-,18+,19+/m0/s1. The van der Waals surface area contributed by atoms with Crippen LogP contribution in [0.1, 0.15) is 31.9 Å². The van der Waals surface area contributed by atoms with Crippen LogP contribution in [0.4, 0.5) is 0 Å². The summed E-state index contributed by atoms with van der Waals surface area (Å²) >= 11 is 0. The van der Waals surface area contributed by atoms with E-state index in [0.29, 0.717) is 12.1 Å². The monoisotopic (exact) mass is 363 g/mol. The highest BCUT2D eigenvalue weighted by molar-refractivity contribution is 5.93. The highest BCUT2D eigenvalue weighted by atomic mass is 16.7. The zero-order valence-corrected chi connectivity index (χ0v) is 14.7. The van der Waals surface area contributed by atoms with Crippen molar-refractivity contribution in [3.05, 3.63) is 36.2 Å². The molecule has 7 heteroatoms. The van der Waals surface area contributed by atoms with E-state index in [-0.39, 0.29) is 18.8 Å². The van der Waals surface area contributed by atoms with Gasteiger partial charge in [-0.2, -0.15) is 0 Å². The van der Waals surface area contributed by atoms with E-state index in [2.05, 4.69) is 4.98 Å². The number of hydrogen-bond donors (Lipinski definition) is 2. The summed E-state index contributed by atoms with van der Waals surface area (Å²) in [6.45, 7) is 2.29. The molecule has 0 radical (unpaired) electrons. The van der Waals surface area contributed by atoms with Gasteiger partial charge in [-0.15, -0.1) is 0 Å². The van der Waals surface area contributed by atoms with E-state index in [1.807, 2.05) is 13.0 Å². The number of rotatable bonds is 6. The molecule has 1 aromatic rings. The lowest BCUT2D eigenvalue weighted by Crippen LogP contribution is -2.62. The van der Waals surface area contributed by atoms with Crippen LogP contribution in [-0.2, 0) is 19.0 Å². The smallest absolute Gasteiger partial charge is 0.158 e. The van der Waals surface area contributed by atoms with E-state index >= 15 is 0 Å². The second-order valence-electron chi connectivity index (χ2n) is 6.60. The molecule has 142 valence electrons. The van der Waals surface area contributed by atoms with Crippen LogP contribution in [0.3, 0.4) is 0 Å². The molecule has 3 heterocycles. The van der Waals surface area contributed by atoms with Gasteiger partial charge in [-0.3, -0.25) is 9.78 Å². The third-order valence-corrected chi connectivity index (χ3v) is 4.59. The number of ketones is 1. The number of aromatic nitrogens is 1. The van der Waals surface area contributed by atoms with Crippen LogP contribution < -0.4 is 0 Å². The fraction of sp³-hybridized carbons (Fsp3) is 0.579. The predicted octanol–water partition coefficient (Wildman–Crippen LogP) is 1.08. The van der Waals surface area contributed by atoms with Crippen LogP contribution in [0.2, 0.25) is 0 Å². The number of fused-ring (bicyclic) bond motifs is 1. The summed E-state index contributed by atoms with van der Waals surface area (Å²) in [6.07, 6.45) is 1.57. The van der Waals surface area contributed by atoms with Crippen LogP contribution in [0, 0.1) is 0 Å². The SMILES string of the molecule is CCCC1OC[C@H]2O[C@@H](CC(=O)/C=C/c3ccccn3)[C@H](O)[C@@H](O)[C@@H]2O1. The maximum absolute atomic E-state index is 12.2. The summed E-state index contributed by atoms with van der Waals surface area (Å²) in [4.78, 5) is 16.3. The van der Waals surface area contributed by atoms with Gasteiger partial charge in [0.1, 0.15) is 24.4 Å². The van der Waals surface area contributed by atoms with E-state index in [0.717, 1.165) is 6.42 Å². The summed E-state index contributed by atoms with van der Waals surface area (Å²) in [7, 11) is 0. The highest BCUT2D eigenvalue weighted by Gasteiger charge is 2.48. The van der Waals surface area contributed by atoms with E-state index in [4.69, 9.17) is 14.2 Å². The number of carbonyl (C=O) groups is 1. The number of hydrogen-bond acceptors (Lipinski definition) is 7. The van der Waals surface area contributed by atoms with Crippen molar-refractivity contribution in [2.24, 2.45) is 0 Å². The Balaban J connectivity index is 1.58. The average molecular weight is 363 g/mol. The molecule has 0 saturated carbocycles. The fourth-order valence-corrected chi connectivity index (χ4v) is 3.21. The highest BCUT2D eigenvalue weighted by Crippen LogP contribution is 2.30. The lowest BCUT2D eigenvalue weighted by atomic mass is 9.92. The molecule has 0 spiro atoms.